The SMILES string of the molecule is CN1CC(C)(C)C(=O)Nc2cc(Cl)ccc21. The minimum atomic E-state index is -0.403. The zero-order chi connectivity index (χ0) is 11.9. The molecule has 0 unspecified atom stereocenters. The van der Waals surface area contributed by atoms with Crippen molar-refractivity contribution in [3.05, 3.63) is 23.2 Å². The van der Waals surface area contributed by atoms with Crippen LogP contribution in [0.2, 0.25) is 5.02 Å². The van der Waals surface area contributed by atoms with Gasteiger partial charge in [0.1, 0.15) is 0 Å². The van der Waals surface area contributed by atoms with Crippen molar-refractivity contribution in [1.82, 2.24) is 0 Å². The van der Waals surface area contributed by atoms with Crippen molar-refractivity contribution in [3.63, 3.8) is 0 Å². The van der Waals surface area contributed by atoms with Crippen molar-refractivity contribution in [2.45, 2.75) is 13.8 Å². The molecule has 0 bridgehead atoms. The number of fused-ring (bicyclic) bond motifs is 1. The quantitative estimate of drug-likeness (QED) is 0.754. The van der Waals surface area contributed by atoms with Crippen LogP contribution in [0.4, 0.5) is 11.4 Å². The summed E-state index contributed by atoms with van der Waals surface area (Å²) < 4.78 is 0. The minimum Gasteiger partial charge on any atom is -0.372 e. The number of amides is 1. The summed E-state index contributed by atoms with van der Waals surface area (Å²) in [4.78, 5) is 14.0. The second kappa shape index (κ2) is 3.67. The number of halogens is 1. The van der Waals surface area contributed by atoms with Gasteiger partial charge >= 0.3 is 0 Å². The summed E-state index contributed by atoms with van der Waals surface area (Å²) >= 11 is 5.93. The first kappa shape index (κ1) is 11.3. The molecule has 1 aromatic carbocycles. The summed E-state index contributed by atoms with van der Waals surface area (Å²) in [6.45, 7) is 4.56. The molecule has 0 spiro atoms. The van der Waals surface area contributed by atoms with E-state index in [1.807, 2.05) is 33.0 Å². The van der Waals surface area contributed by atoms with E-state index in [4.69, 9.17) is 11.6 Å². The molecule has 1 amide bonds. The van der Waals surface area contributed by atoms with Crippen LogP contribution in [0.25, 0.3) is 0 Å². The topological polar surface area (TPSA) is 32.3 Å². The molecule has 1 N–H and O–H groups in total. The summed E-state index contributed by atoms with van der Waals surface area (Å²) in [5, 5.41) is 3.55. The molecular weight excluding hydrogens is 224 g/mol. The first-order chi connectivity index (χ1) is 7.40. The molecule has 1 heterocycles. The van der Waals surface area contributed by atoms with E-state index in [0.717, 1.165) is 11.4 Å². The van der Waals surface area contributed by atoms with E-state index in [2.05, 4.69) is 10.2 Å². The van der Waals surface area contributed by atoms with Gasteiger partial charge in [-0.2, -0.15) is 0 Å². The van der Waals surface area contributed by atoms with Crippen LogP contribution in [0.5, 0.6) is 0 Å². The molecule has 0 fully saturated rings. The highest BCUT2D eigenvalue weighted by Crippen LogP contribution is 2.34. The van der Waals surface area contributed by atoms with E-state index in [1.54, 1.807) is 6.07 Å². The number of hydrogen-bond donors (Lipinski definition) is 1. The molecule has 0 atom stereocenters. The van der Waals surface area contributed by atoms with E-state index in [1.165, 1.54) is 0 Å². The molecule has 0 aromatic heterocycles. The predicted octanol–water partition coefficient (Wildman–Crippen LogP) is 2.75. The van der Waals surface area contributed by atoms with Crippen molar-refractivity contribution >= 4 is 28.9 Å². The Bertz CT molecular complexity index is 443. The number of nitrogens with one attached hydrogen (secondary N) is 1. The second-order valence-corrected chi connectivity index (χ2v) is 5.29. The van der Waals surface area contributed by atoms with Gasteiger partial charge in [0, 0.05) is 18.6 Å². The fraction of sp³-hybridized carbons (Fsp3) is 0.417. The third kappa shape index (κ3) is 1.87. The predicted molar refractivity (Wildman–Crippen MR) is 67.1 cm³/mol. The van der Waals surface area contributed by atoms with Crippen LogP contribution in [0.1, 0.15) is 13.8 Å². The number of rotatable bonds is 0. The van der Waals surface area contributed by atoms with Crippen molar-refractivity contribution in [3.8, 4) is 0 Å². The maximum atomic E-state index is 12.0. The number of nitrogens with zero attached hydrogens (tertiary/aromatic N) is 1. The van der Waals surface area contributed by atoms with Gasteiger partial charge in [-0.25, -0.2) is 0 Å². The molecule has 2 rings (SSSR count). The molecule has 4 heteroatoms. The number of anilines is 2. The first-order valence-electron chi connectivity index (χ1n) is 5.22. The van der Waals surface area contributed by atoms with E-state index in [-0.39, 0.29) is 5.91 Å². The van der Waals surface area contributed by atoms with Gasteiger partial charge in [-0.15, -0.1) is 0 Å². The van der Waals surface area contributed by atoms with Gasteiger partial charge in [0.05, 0.1) is 16.8 Å². The zero-order valence-electron chi connectivity index (χ0n) is 9.67. The van der Waals surface area contributed by atoms with Gasteiger partial charge in [-0.1, -0.05) is 11.6 Å². The molecular formula is C12H15ClN2O. The van der Waals surface area contributed by atoms with E-state index in [0.29, 0.717) is 11.6 Å². The van der Waals surface area contributed by atoms with Gasteiger partial charge in [-0.3, -0.25) is 4.79 Å². The summed E-state index contributed by atoms with van der Waals surface area (Å²) in [5.41, 5.74) is 1.38. The first-order valence-corrected chi connectivity index (χ1v) is 5.60. The Morgan fingerprint density at radius 1 is 1.44 bits per heavy atom. The fourth-order valence-corrected chi connectivity index (χ4v) is 2.15. The van der Waals surface area contributed by atoms with Gasteiger partial charge in [0.2, 0.25) is 5.91 Å². The summed E-state index contributed by atoms with van der Waals surface area (Å²) in [6, 6.07) is 5.55. The average molecular weight is 239 g/mol. The monoisotopic (exact) mass is 238 g/mol. The molecule has 0 saturated heterocycles. The molecule has 1 aliphatic rings. The summed E-state index contributed by atoms with van der Waals surface area (Å²) in [7, 11) is 1.98. The van der Waals surface area contributed by atoms with Crippen molar-refractivity contribution in [1.29, 1.82) is 0 Å². The summed E-state index contributed by atoms with van der Waals surface area (Å²) in [6.07, 6.45) is 0. The molecule has 3 nitrogen and oxygen atoms in total. The zero-order valence-corrected chi connectivity index (χ0v) is 10.4. The third-order valence-electron chi connectivity index (χ3n) is 2.87. The Morgan fingerprint density at radius 2 is 2.12 bits per heavy atom. The van der Waals surface area contributed by atoms with Crippen LogP contribution < -0.4 is 10.2 Å². The van der Waals surface area contributed by atoms with Crippen LogP contribution in [0.3, 0.4) is 0 Å². The third-order valence-corrected chi connectivity index (χ3v) is 3.10. The van der Waals surface area contributed by atoms with Crippen molar-refractivity contribution < 1.29 is 4.79 Å². The molecule has 1 aliphatic heterocycles. The van der Waals surface area contributed by atoms with E-state index < -0.39 is 5.41 Å². The smallest absolute Gasteiger partial charge is 0.231 e. The Kier molecular flexibility index (Phi) is 2.58. The Labute approximate surface area is 100 Å². The molecule has 0 aliphatic carbocycles. The highest BCUT2D eigenvalue weighted by atomic mass is 35.5. The molecule has 1 aromatic rings. The van der Waals surface area contributed by atoms with Crippen LogP contribution in [0.15, 0.2) is 18.2 Å². The molecule has 0 saturated carbocycles. The van der Waals surface area contributed by atoms with Gasteiger partial charge < -0.3 is 10.2 Å². The standard InChI is InChI=1S/C12H15ClN2O/c1-12(2)7-15(3)10-5-4-8(13)6-9(10)14-11(12)16/h4-6H,7H2,1-3H3,(H,14,16). The number of hydrogen-bond acceptors (Lipinski definition) is 2. The highest BCUT2D eigenvalue weighted by molar-refractivity contribution is 6.31. The lowest BCUT2D eigenvalue weighted by Gasteiger charge is -2.26. The lowest BCUT2D eigenvalue weighted by atomic mass is 9.92. The second-order valence-electron chi connectivity index (χ2n) is 4.86. The highest BCUT2D eigenvalue weighted by Gasteiger charge is 2.33. The van der Waals surface area contributed by atoms with Gasteiger partial charge in [0.15, 0.2) is 0 Å². The number of benzene rings is 1. The molecule has 86 valence electrons. The maximum Gasteiger partial charge on any atom is 0.231 e. The van der Waals surface area contributed by atoms with Crippen LogP contribution in [-0.2, 0) is 4.79 Å². The normalized spacial score (nSPS) is 18.8. The van der Waals surface area contributed by atoms with Crippen LogP contribution >= 0.6 is 11.6 Å². The number of carbonyl (C=O) groups excluding carboxylic acids is 1. The Balaban J connectivity index is 2.49. The minimum absolute atomic E-state index is 0.0281. The largest absolute Gasteiger partial charge is 0.372 e. The van der Waals surface area contributed by atoms with Gasteiger partial charge in [0.25, 0.3) is 0 Å². The van der Waals surface area contributed by atoms with E-state index in [9.17, 15) is 4.79 Å². The lowest BCUT2D eigenvalue weighted by molar-refractivity contribution is -0.123. The van der Waals surface area contributed by atoms with E-state index >= 15 is 0 Å². The lowest BCUT2D eigenvalue weighted by Crippen LogP contribution is -2.37. The Hall–Kier alpha value is -1.22. The van der Waals surface area contributed by atoms with Crippen molar-refractivity contribution in [2.75, 3.05) is 23.8 Å². The maximum absolute atomic E-state index is 12.0. The van der Waals surface area contributed by atoms with Crippen molar-refractivity contribution in [2.24, 2.45) is 5.41 Å². The average Bonchev–Trinajstić information content (AvgIpc) is 2.23. The molecule has 0 radical (unpaired) electrons. The summed E-state index contributed by atoms with van der Waals surface area (Å²) in [5.74, 6) is 0.0281. The fourth-order valence-electron chi connectivity index (χ4n) is 1.98. The Morgan fingerprint density at radius 3 is 2.81 bits per heavy atom. The number of carbonyl (C=O) groups is 1. The molecule has 16 heavy (non-hydrogen) atoms. The van der Waals surface area contributed by atoms with Gasteiger partial charge in [-0.05, 0) is 32.0 Å². The van der Waals surface area contributed by atoms with Crippen LogP contribution in [-0.4, -0.2) is 19.5 Å². The van der Waals surface area contributed by atoms with Crippen LogP contribution in [0, 0.1) is 5.41 Å².